The Morgan fingerprint density at radius 1 is 1.42 bits per heavy atom. The fourth-order valence-electron chi connectivity index (χ4n) is 1.70. The molecule has 1 amide bonds. The molecule has 2 aromatic rings. The maximum absolute atomic E-state index is 12.3. The zero-order valence-electron chi connectivity index (χ0n) is 10.9. The molecule has 0 unspecified atom stereocenters. The van der Waals surface area contributed by atoms with Crippen molar-refractivity contribution in [2.24, 2.45) is 7.05 Å². The molecule has 2 aromatic heterocycles. The van der Waals surface area contributed by atoms with Crippen LogP contribution in [-0.2, 0) is 13.6 Å². The first-order valence-corrected chi connectivity index (χ1v) is 6.85. The highest BCUT2D eigenvalue weighted by Crippen LogP contribution is 2.13. The Kier molecular flexibility index (Phi) is 4.11. The standard InChI is InChI=1S/C13H15N3O2S/c1-3-16(9-10-5-4-8-19-10)13(18)11-6-7-12(17)15(2)14-11/h4-8H,3,9H2,1-2H3. The van der Waals surface area contributed by atoms with Crippen LogP contribution in [0.1, 0.15) is 22.3 Å². The minimum atomic E-state index is -0.224. The van der Waals surface area contributed by atoms with E-state index >= 15 is 0 Å². The average molecular weight is 277 g/mol. The molecule has 0 spiro atoms. The van der Waals surface area contributed by atoms with Gasteiger partial charge in [0.2, 0.25) is 0 Å². The summed E-state index contributed by atoms with van der Waals surface area (Å²) in [7, 11) is 1.54. The highest BCUT2D eigenvalue weighted by Gasteiger charge is 2.16. The molecule has 0 radical (unpaired) electrons. The van der Waals surface area contributed by atoms with E-state index in [1.165, 1.54) is 23.9 Å². The smallest absolute Gasteiger partial charge is 0.274 e. The largest absolute Gasteiger partial charge is 0.332 e. The number of hydrogen-bond donors (Lipinski definition) is 0. The first kappa shape index (κ1) is 13.5. The van der Waals surface area contributed by atoms with E-state index in [1.807, 2.05) is 24.4 Å². The molecular formula is C13H15N3O2S. The quantitative estimate of drug-likeness (QED) is 0.851. The summed E-state index contributed by atoms with van der Waals surface area (Å²) in [5.74, 6) is -0.161. The summed E-state index contributed by atoms with van der Waals surface area (Å²) in [6.07, 6.45) is 0. The van der Waals surface area contributed by atoms with Crippen molar-refractivity contribution < 1.29 is 4.79 Å². The molecular weight excluding hydrogens is 262 g/mol. The topological polar surface area (TPSA) is 55.2 Å². The molecule has 2 heterocycles. The minimum absolute atomic E-state index is 0.161. The zero-order chi connectivity index (χ0) is 13.8. The molecule has 0 aliphatic carbocycles. The Balaban J connectivity index is 2.20. The molecule has 0 saturated carbocycles. The van der Waals surface area contributed by atoms with Gasteiger partial charge in [-0.2, -0.15) is 5.10 Å². The van der Waals surface area contributed by atoms with Gasteiger partial charge >= 0.3 is 0 Å². The lowest BCUT2D eigenvalue weighted by Crippen LogP contribution is -2.32. The molecule has 6 heteroatoms. The van der Waals surface area contributed by atoms with Crippen LogP contribution in [0.2, 0.25) is 0 Å². The van der Waals surface area contributed by atoms with Crippen molar-refractivity contribution in [2.45, 2.75) is 13.5 Å². The van der Waals surface area contributed by atoms with Gasteiger partial charge in [0.05, 0.1) is 6.54 Å². The van der Waals surface area contributed by atoms with Crippen molar-refractivity contribution in [3.8, 4) is 0 Å². The zero-order valence-corrected chi connectivity index (χ0v) is 11.7. The lowest BCUT2D eigenvalue weighted by molar-refractivity contribution is 0.0745. The molecule has 0 aliphatic heterocycles. The number of aryl methyl sites for hydroxylation is 1. The van der Waals surface area contributed by atoms with Crippen molar-refractivity contribution >= 4 is 17.2 Å². The minimum Gasteiger partial charge on any atom is -0.332 e. The lowest BCUT2D eigenvalue weighted by atomic mass is 10.3. The van der Waals surface area contributed by atoms with Gasteiger partial charge in [0.25, 0.3) is 11.5 Å². The number of carbonyl (C=O) groups excluding carboxylic acids is 1. The molecule has 2 rings (SSSR count). The van der Waals surface area contributed by atoms with Crippen LogP contribution in [-0.4, -0.2) is 27.1 Å². The number of hydrogen-bond acceptors (Lipinski definition) is 4. The molecule has 0 saturated heterocycles. The van der Waals surface area contributed by atoms with Gasteiger partial charge in [0, 0.05) is 24.5 Å². The van der Waals surface area contributed by atoms with Crippen molar-refractivity contribution in [1.82, 2.24) is 14.7 Å². The van der Waals surface area contributed by atoms with Crippen LogP contribution in [0, 0.1) is 0 Å². The highest BCUT2D eigenvalue weighted by molar-refractivity contribution is 7.09. The summed E-state index contributed by atoms with van der Waals surface area (Å²) >= 11 is 1.62. The summed E-state index contributed by atoms with van der Waals surface area (Å²) in [6.45, 7) is 3.09. The fourth-order valence-corrected chi connectivity index (χ4v) is 2.42. The third-order valence-electron chi connectivity index (χ3n) is 2.78. The molecule has 100 valence electrons. The SMILES string of the molecule is CCN(Cc1cccs1)C(=O)c1ccc(=O)n(C)n1. The van der Waals surface area contributed by atoms with Gasteiger partial charge in [0.1, 0.15) is 5.69 Å². The number of nitrogens with zero attached hydrogens (tertiary/aromatic N) is 3. The van der Waals surface area contributed by atoms with E-state index in [-0.39, 0.29) is 11.5 Å². The first-order valence-electron chi connectivity index (χ1n) is 5.98. The Labute approximate surface area is 115 Å². The molecule has 0 N–H and O–H groups in total. The van der Waals surface area contributed by atoms with Gasteiger partial charge in [-0.05, 0) is 24.4 Å². The number of rotatable bonds is 4. The summed E-state index contributed by atoms with van der Waals surface area (Å²) in [5.41, 5.74) is 0.0679. The summed E-state index contributed by atoms with van der Waals surface area (Å²) in [6, 6.07) is 6.79. The van der Waals surface area contributed by atoms with Gasteiger partial charge in [-0.1, -0.05) is 6.07 Å². The molecule has 0 bridgehead atoms. The van der Waals surface area contributed by atoms with Crippen molar-refractivity contribution in [3.05, 3.63) is 50.6 Å². The van der Waals surface area contributed by atoms with Crippen LogP contribution >= 0.6 is 11.3 Å². The van der Waals surface area contributed by atoms with Gasteiger partial charge < -0.3 is 4.90 Å². The molecule has 0 aliphatic rings. The average Bonchev–Trinajstić information content (AvgIpc) is 2.91. The van der Waals surface area contributed by atoms with Crippen LogP contribution in [0.4, 0.5) is 0 Å². The van der Waals surface area contributed by atoms with Crippen molar-refractivity contribution in [1.29, 1.82) is 0 Å². The second-order valence-corrected chi connectivity index (χ2v) is 5.11. The van der Waals surface area contributed by atoms with Crippen molar-refractivity contribution in [2.75, 3.05) is 6.54 Å². The molecule has 5 nitrogen and oxygen atoms in total. The summed E-state index contributed by atoms with van der Waals surface area (Å²) < 4.78 is 1.17. The van der Waals surface area contributed by atoms with E-state index in [0.717, 1.165) is 4.88 Å². The van der Waals surface area contributed by atoms with E-state index in [2.05, 4.69) is 5.10 Å². The van der Waals surface area contributed by atoms with Crippen molar-refractivity contribution in [3.63, 3.8) is 0 Å². The summed E-state index contributed by atoms with van der Waals surface area (Å²) in [4.78, 5) is 26.4. The van der Waals surface area contributed by atoms with Crippen LogP contribution in [0.3, 0.4) is 0 Å². The van der Waals surface area contributed by atoms with Gasteiger partial charge in [-0.15, -0.1) is 11.3 Å². The second kappa shape index (κ2) is 5.79. The number of thiophene rings is 1. The molecule has 0 fully saturated rings. The predicted octanol–water partition coefficient (Wildman–Crippen LogP) is 1.50. The lowest BCUT2D eigenvalue weighted by Gasteiger charge is -2.19. The first-order chi connectivity index (χ1) is 9.11. The predicted molar refractivity (Wildman–Crippen MR) is 74.2 cm³/mol. The maximum Gasteiger partial charge on any atom is 0.274 e. The van der Waals surface area contributed by atoms with Gasteiger partial charge in [0.15, 0.2) is 0 Å². The summed E-state index contributed by atoms with van der Waals surface area (Å²) in [5, 5.41) is 5.97. The Morgan fingerprint density at radius 2 is 2.21 bits per heavy atom. The number of carbonyl (C=O) groups is 1. The molecule has 0 atom stereocenters. The third-order valence-corrected chi connectivity index (χ3v) is 3.64. The van der Waals surface area contributed by atoms with Crippen LogP contribution in [0.25, 0.3) is 0 Å². The monoisotopic (exact) mass is 277 g/mol. The fraction of sp³-hybridized carbons (Fsp3) is 0.308. The van der Waals surface area contributed by atoms with E-state index in [0.29, 0.717) is 18.8 Å². The third kappa shape index (κ3) is 3.08. The van der Waals surface area contributed by atoms with E-state index in [1.54, 1.807) is 16.2 Å². The second-order valence-electron chi connectivity index (χ2n) is 4.08. The van der Waals surface area contributed by atoms with Gasteiger partial charge in [-0.25, -0.2) is 4.68 Å². The van der Waals surface area contributed by atoms with Gasteiger partial charge in [-0.3, -0.25) is 9.59 Å². The van der Waals surface area contributed by atoms with Crippen LogP contribution in [0.15, 0.2) is 34.4 Å². The number of aromatic nitrogens is 2. The molecule has 0 aromatic carbocycles. The Morgan fingerprint density at radius 3 is 2.79 bits per heavy atom. The Bertz CT molecular complexity index is 619. The molecule has 19 heavy (non-hydrogen) atoms. The van der Waals surface area contributed by atoms with E-state index in [4.69, 9.17) is 0 Å². The number of amides is 1. The van der Waals surface area contributed by atoms with E-state index < -0.39 is 0 Å². The Hall–Kier alpha value is -1.95. The van der Waals surface area contributed by atoms with E-state index in [9.17, 15) is 9.59 Å². The highest BCUT2D eigenvalue weighted by atomic mass is 32.1. The van der Waals surface area contributed by atoms with Crippen LogP contribution in [0.5, 0.6) is 0 Å². The maximum atomic E-state index is 12.3. The normalized spacial score (nSPS) is 10.4. The van der Waals surface area contributed by atoms with Crippen LogP contribution < -0.4 is 5.56 Å².